The summed E-state index contributed by atoms with van der Waals surface area (Å²) in [5.41, 5.74) is 1.75. The number of carbonyl (C=O) groups is 1. The van der Waals surface area contributed by atoms with E-state index in [1.54, 1.807) is 0 Å². The number of piperazine rings is 1. The van der Waals surface area contributed by atoms with Crippen LogP contribution >= 0.6 is 0 Å². The van der Waals surface area contributed by atoms with Crippen molar-refractivity contribution in [3.05, 3.63) is 29.8 Å². The zero-order valence-electron chi connectivity index (χ0n) is 14.2. The fraction of sp³-hybridized carbons (Fsp3) is 0.579. The van der Waals surface area contributed by atoms with Crippen LogP contribution in [0.3, 0.4) is 0 Å². The van der Waals surface area contributed by atoms with E-state index in [1.165, 1.54) is 25.7 Å². The number of rotatable bonds is 2. The quantitative estimate of drug-likeness (QED) is 0.850. The highest BCUT2D eigenvalue weighted by Gasteiger charge is 2.23. The van der Waals surface area contributed by atoms with Crippen molar-refractivity contribution in [2.45, 2.75) is 44.6 Å². The van der Waals surface area contributed by atoms with Crippen molar-refractivity contribution in [1.82, 2.24) is 10.2 Å². The van der Waals surface area contributed by atoms with Gasteiger partial charge in [0.1, 0.15) is 0 Å². The molecule has 0 unspecified atom stereocenters. The van der Waals surface area contributed by atoms with Crippen molar-refractivity contribution >= 4 is 11.7 Å². The number of nitrogens with zero attached hydrogens (tertiary/aromatic N) is 3. The van der Waals surface area contributed by atoms with Crippen LogP contribution in [0.5, 0.6) is 0 Å². The first kappa shape index (κ1) is 16.6. The average Bonchev–Trinajstić information content (AvgIpc) is 2.90. The van der Waals surface area contributed by atoms with Gasteiger partial charge in [-0.3, -0.25) is 0 Å². The van der Waals surface area contributed by atoms with Crippen molar-refractivity contribution in [3.63, 3.8) is 0 Å². The van der Waals surface area contributed by atoms with Crippen molar-refractivity contribution in [3.8, 4) is 6.07 Å². The third-order valence-electron chi connectivity index (χ3n) is 5.09. The molecule has 128 valence electrons. The van der Waals surface area contributed by atoms with Crippen LogP contribution in [-0.4, -0.2) is 43.2 Å². The summed E-state index contributed by atoms with van der Waals surface area (Å²) in [6.07, 6.45) is 7.29. The highest BCUT2D eigenvalue weighted by Crippen LogP contribution is 2.19. The maximum Gasteiger partial charge on any atom is 0.317 e. The van der Waals surface area contributed by atoms with Crippen LogP contribution < -0.4 is 10.2 Å². The summed E-state index contributed by atoms with van der Waals surface area (Å²) >= 11 is 0. The molecule has 0 atom stereocenters. The van der Waals surface area contributed by atoms with Gasteiger partial charge in [-0.1, -0.05) is 31.7 Å². The number of nitriles is 1. The molecule has 1 heterocycles. The Kier molecular flexibility index (Phi) is 5.58. The molecule has 0 spiro atoms. The minimum atomic E-state index is 0.0901. The lowest BCUT2D eigenvalue weighted by atomic mass is 10.1. The number of hydrogen-bond donors (Lipinski definition) is 1. The van der Waals surface area contributed by atoms with E-state index in [0.717, 1.165) is 44.7 Å². The molecule has 24 heavy (non-hydrogen) atoms. The summed E-state index contributed by atoms with van der Waals surface area (Å²) in [6, 6.07) is 10.3. The lowest BCUT2D eigenvalue weighted by molar-refractivity contribution is 0.189. The van der Waals surface area contributed by atoms with E-state index in [2.05, 4.69) is 16.3 Å². The lowest BCUT2D eigenvalue weighted by Crippen LogP contribution is -2.53. The van der Waals surface area contributed by atoms with Crippen LogP contribution in [0.2, 0.25) is 0 Å². The Bertz CT molecular complexity index is 594. The van der Waals surface area contributed by atoms with Crippen LogP contribution in [0.25, 0.3) is 0 Å². The molecule has 0 bridgehead atoms. The third-order valence-corrected chi connectivity index (χ3v) is 5.09. The summed E-state index contributed by atoms with van der Waals surface area (Å²) in [5, 5.41) is 12.2. The van der Waals surface area contributed by atoms with Crippen molar-refractivity contribution in [2.24, 2.45) is 0 Å². The predicted octanol–water partition coefficient (Wildman–Crippen LogP) is 3.11. The van der Waals surface area contributed by atoms with Gasteiger partial charge in [-0.2, -0.15) is 5.26 Å². The monoisotopic (exact) mass is 326 g/mol. The van der Waals surface area contributed by atoms with Gasteiger partial charge in [-0.15, -0.1) is 0 Å². The Morgan fingerprint density at radius 3 is 2.46 bits per heavy atom. The van der Waals surface area contributed by atoms with Crippen molar-refractivity contribution in [2.75, 3.05) is 31.1 Å². The third kappa shape index (κ3) is 4.19. The van der Waals surface area contributed by atoms with Gasteiger partial charge in [0.2, 0.25) is 0 Å². The zero-order valence-corrected chi connectivity index (χ0v) is 14.2. The van der Waals surface area contributed by atoms with E-state index in [4.69, 9.17) is 5.26 Å². The minimum Gasteiger partial charge on any atom is -0.368 e. The molecule has 0 radical (unpaired) electrons. The molecule has 0 aromatic heterocycles. The van der Waals surface area contributed by atoms with E-state index in [-0.39, 0.29) is 6.03 Å². The Labute approximate surface area is 144 Å². The van der Waals surface area contributed by atoms with Gasteiger partial charge in [0, 0.05) is 37.9 Å². The summed E-state index contributed by atoms with van der Waals surface area (Å²) in [5.74, 6) is 0. The van der Waals surface area contributed by atoms with Gasteiger partial charge in [-0.05, 0) is 31.0 Å². The fourth-order valence-corrected chi connectivity index (χ4v) is 3.63. The first-order chi connectivity index (χ1) is 11.8. The molecule has 2 aliphatic rings. The molecule has 1 saturated heterocycles. The minimum absolute atomic E-state index is 0.0901. The van der Waals surface area contributed by atoms with E-state index in [0.29, 0.717) is 11.6 Å². The number of hydrogen-bond acceptors (Lipinski definition) is 3. The topological polar surface area (TPSA) is 59.4 Å². The van der Waals surface area contributed by atoms with Crippen molar-refractivity contribution in [1.29, 1.82) is 5.26 Å². The lowest BCUT2D eigenvalue weighted by Gasteiger charge is -2.36. The van der Waals surface area contributed by atoms with E-state index >= 15 is 0 Å². The van der Waals surface area contributed by atoms with E-state index in [1.807, 2.05) is 29.2 Å². The van der Waals surface area contributed by atoms with Gasteiger partial charge in [0.25, 0.3) is 0 Å². The SMILES string of the molecule is N#Cc1cccc(N2CCN(C(=O)NC3CCCCCC3)CC2)c1. The molecule has 5 heteroatoms. The second-order valence-electron chi connectivity index (χ2n) is 6.77. The largest absolute Gasteiger partial charge is 0.368 e. The molecule has 3 rings (SSSR count). The molecular weight excluding hydrogens is 300 g/mol. The van der Waals surface area contributed by atoms with Crippen LogP contribution in [0.1, 0.15) is 44.1 Å². The van der Waals surface area contributed by atoms with Gasteiger partial charge >= 0.3 is 6.03 Å². The molecule has 2 amide bonds. The van der Waals surface area contributed by atoms with E-state index < -0.39 is 0 Å². The van der Waals surface area contributed by atoms with Gasteiger partial charge in [-0.25, -0.2) is 4.79 Å². The maximum atomic E-state index is 12.5. The standard InChI is InChI=1S/C19H26N4O/c20-15-16-6-5-9-18(14-16)22-10-12-23(13-11-22)19(24)21-17-7-3-1-2-4-8-17/h5-6,9,14,17H,1-4,7-8,10-13H2,(H,21,24). The Morgan fingerprint density at radius 2 is 1.79 bits per heavy atom. The molecule has 1 N–H and O–H groups in total. The summed E-state index contributed by atoms with van der Waals surface area (Å²) in [4.78, 5) is 16.6. The van der Waals surface area contributed by atoms with Gasteiger partial charge in [0.05, 0.1) is 11.6 Å². The molecule has 2 fully saturated rings. The van der Waals surface area contributed by atoms with Crippen molar-refractivity contribution < 1.29 is 4.79 Å². The zero-order chi connectivity index (χ0) is 16.8. The Balaban J connectivity index is 1.50. The molecule has 5 nitrogen and oxygen atoms in total. The molecule has 1 saturated carbocycles. The Hall–Kier alpha value is -2.22. The molecule has 1 aliphatic heterocycles. The van der Waals surface area contributed by atoms with Gasteiger partial charge < -0.3 is 15.1 Å². The summed E-state index contributed by atoms with van der Waals surface area (Å²) < 4.78 is 0. The number of nitrogens with one attached hydrogen (secondary N) is 1. The molecular formula is C19H26N4O. The van der Waals surface area contributed by atoms with E-state index in [9.17, 15) is 4.79 Å². The van der Waals surface area contributed by atoms with Crippen LogP contribution in [0.4, 0.5) is 10.5 Å². The smallest absolute Gasteiger partial charge is 0.317 e. The fourth-order valence-electron chi connectivity index (χ4n) is 3.63. The van der Waals surface area contributed by atoms with Crippen LogP contribution in [0, 0.1) is 11.3 Å². The second kappa shape index (κ2) is 8.05. The average molecular weight is 326 g/mol. The normalized spacial score (nSPS) is 19.5. The number of amides is 2. The predicted molar refractivity (Wildman–Crippen MR) is 95.0 cm³/mol. The van der Waals surface area contributed by atoms with Crippen LogP contribution in [-0.2, 0) is 0 Å². The first-order valence-electron chi connectivity index (χ1n) is 9.07. The van der Waals surface area contributed by atoms with Crippen LogP contribution in [0.15, 0.2) is 24.3 Å². The number of benzene rings is 1. The molecule has 1 aromatic carbocycles. The number of urea groups is 1. The number of anilines is 1. The van der Waals surface area contributed by atoms with Gasteiger partial charge in [0.15, 0.2) is 0 Å². The second-order valence-corrected chi connectivity index (χ2v) is 6.77. The highest BCUT2D eigenvalue weighted by atomic mass is 16.2. The number of carbonyl (C=O) groups excluding carboxylic acids is 1. The summed E-state index contributed by atoms with van der Waals surface area (Å²) in [7, 11) is 0. The Morgan fingerprint density at radius 1 is 1.08 bits per heavy atom. The maximum absolute atomic E-state index is 12.5. The summed E-state index contributed by atoms with van der Waals surface area (Å²) in [6.45, 7) is 3.09. The highest BCUT2D eigenvalue weighted by molar-refractivity contribution is 5.75. The molecule has 1 aliphatic carbocycles. The first-order valence-corrected chi connectivity index (χ1v) is 9.07. The molecule has 1 aromatic rings.